The molecule has 2 aromatic carbocycles. The van der Waals surface area contributed by atoms with Gasteiger partial charge >= 0.3 is 6.18 Å². The van der Waals surface area contributed by atoms with Crippen molar-refractivity contribution in [3.63, 3.8) is 0 Å². The molecule has 1 aliphatic carbocycles. The Morgan fingerprint density at radius 2 is 1.81 bits per heavy atom. The van der Waals surface area contributed by atoms with Crippen molar-refractivity contribution < 1.29 is 18.0 Å². The van der Waals surface area contributed by atoms with E-state index in [1.54, 1.807) is 18.2 Å². The van der Waals surface area contributed by atoms with Gasteiger partial charge in [-0.1, -0.05) is 37.3 Å². The SMILES string of the molecule is CC1Cc2cccc(-c3cccc(C(F)(F)F)c3)c2C1=O. The van der Waals surface area contributed by atoms with Crippen LogP contribution in [0, 0.1) is 5.92 Å². The van der Waals surface area contributed by atoms with E-state index in [1.165, 1.54) is 6.07 Å². The van der Waals surface area contributed by atoms with Gasteiger partial charge in [0.05, 0.1) is 5.56 Å². The van der Waals surface area contributed by atoms with Crippen LogP contribution in [0.5, 0.6) is 0 Å². The molecule has 0 radical (unpaired) electrons. The van der Waals surface area contributed by atoms with Crippen LogP contribution in [-0.2, 0) is 12.6 Å². The number of carbonyl (C=O) groups excluding carboxylic acids is 1. The van der Waals surface area contributed by atoms with Crippen molar-refractivity contribution in [1.29, 1.82) is 0 Å². The third kappa shape index (κ3) is 2.35. The fourth-order valence-corrected chi connectivity index (χ4v) is 2.83. The molecule has 1 nitrogen and oxygen atoms in total. The largest absolute Gasteiger partial charge is 0.416 e. The number of rotatable bonds is 1. The highest BCUT2D eigenvalue weighted by Crippen LogP contribution is 2.37. The predicted octanol–water partition coefficient (Wildman–Crippen LogP) is 4.75. The minimum absolute atomic E-state index is 0.0120. The lowest BCUT2D eigenvalue weighted by atomic mass is 9.95. The van der Waals surface area contributed by atoms with Crippen molar-refractivity contribution in [1.82, 2.24) is 0 Å². The summed E-state index contributed by atoms with van der Waals surface area (Å²) in [7, 11) is 0. The predicted molar refractivity (Wildman–Crippen MR) is 74.1 cm³/mol. The van der Waals surface area contributed by atoms with E-state index in [2.05, 4.69) is 0 Å². The Hall–Kier alpha value is -2.10. The molecular formula is C17H13F3O. The van der Waals surface area contributed by atoms with Crippen LogP contribution in [0.4, 0.5) is 13.2 Å². The van der Waals surface area contributed by atoms with E-state index >= 15 is 0 Å². The van der Waals surface area contributed by atoms with Gasteiger partial charge in [0.25, 0.3) is 0 Å². The standard InChI is InChI=1S/C17H13F3O/c1-10-8-12-5-3-7-14(15(12)16(10)21)11-4-2-6-13(9-11)17(18,19)20/h2-7,9-10H,8H2,1H3. The van der Waals surface area contributed by atoms with Crippen molar-refractivity contribution in [2.24, 2.45) is 5.92 Å². The second-order valence-corrected chi connectivity index (χ2v) is 5.39. The fraction of sp³-hybridized carbons (Fsp3) is 0.235. The van der Waals surface area contributed by atoms with Gasteiger partial charge in [0.15, 0.2) is 5.78 Å². The van der Waals surface area contributed by atoms with Crippen LogP contribution < -0.4 is 0 Å². The molecule has 0 heterocycles. The minimum Gasteiger partial charge on any atom is -0.294 e. The molecule has 0 bridgehead atoms. The Kier molecular flexibility index (Phi) is 3.12. The average Bonchev–Trinajstić information content (AvgIpc) is 2.73. The molecule has 0 N–H and O–H groups in total. The zero-order valence-corrected chi connectivity index (χ0v) is 11.4. The van der Waals surface area contributed by atoms with Crippen LogP contribution in [0.2, 0.25) is 0 Å². The van der Waals surface area contributed by atoms with Gasteiger partial charge in [-0.3, -0.25) is 4.79 Å². The lowest BCUT2D eigenvalue weighted by Crippen LogP contribution is -2.06. The van der Waals surface area contributed by atoms with Gasteiger partial charge in [0, 0.05) is 11.5 Å². The first-order valence-electron chi connectivity index (χ1n) is 6.71. The maximum absolute atomic E-state index is 12.8. The number of ketones is 1. The summed E-state index contributed by atoms with van der Waals surface area (Å²) in [5.74, 6) is -0.0926. The van der Waals surface area contributed by atoms with Gasteiger partial charge in [0.1, 0.15) is 0 Å². The molecule has 0 fully saturated rings. The number of halogens is 3. The Morgan fingerprint density at radius 3 is 2.52 bits per heavy atom. The summed E-state index contributed by atoms with van der Waals surface area (Å²) >= 11 is 0. The number of Topliss-reactive ketones (excluding diaryl/α,β-unsaturated/α-hetero) is 1. The van der Waals surface area contributed by atoms with E-state index < -0.39 is 11.7 Å². The highest BCUT2D eigenvalue weighted by molar-refractivity contribution is 6.07. The summed E-state index contributed by atoms with van der Waals surface area (Å²) in [6, 6.07) is 10.5. The van der Waals surface area contributed by atoms with E-state index in [0.717, 1.165) is 17.7 Å². The van der Waals surface area contributed by atoms with E-state index in [4.69, 9.17) is 0 Å². The molecule has 1 atom stereocenters. The fourth-order valence-electron chi connectivity index (χ4n) is 2.83. The van der Waals surface area contributed by atoms with Crippen molar-refractivity contribution in [3.8, 4) is 11.1 Å². The normalized spacial score (nSPS) is 17.9. The number of benzene rings is 2. The summed E-state index contributed by atoms with van der Waals surface area (Å²) in [4.78, 5) is 12.3. The van der Waals surface area contributed by atoms with Crippen LogP contribution >= 0.6 is 0 Å². The number of alkyl halides is 3. The van der Waals surface area contributed by atoms with Gasteiger partial charge in [0.2, 0.25) is 0 Å². The molecule has 21 heavy (non-hydrogen) atoms. The number of hydrogen-bond donors (Lipinski definition) is 0. The molecule has 0 amide bonds. The van der Waals surface area contributed by atoms with Crippen LogP contribution in [0.15, 0.2) is 42.5 Å². The van der Waals surface area contributed by atoms with Gasteiger partial charge in [-0.05, 0) is 35.2 Å². The van der Waals surface area contributed by atoms with Gasteiger partial charge in [-0.2, -0.15) is 13.2 Å². The van der Waals surface area contributed by atoms with Gasteiger partial charge in [-0.25, -0.2) is 0 Å². The summed E-state index contributed by atoms with van der Waals surface area (Å²) in [6.45, 7) is 1.85. The molecule has 0 aliphatic heterocycles. The summed E-state index contributed by atoms with van der Waals surface area (Å²) in [5, 5.41) is 0. The first-order chi connectivity index (χ1) is 9.88. The highest BCUT2D eigenvalue weighted by Gasteiger charge is 2.32. The second kappa shape index (κ2) is 4.72. The number of hydrogen-bond acceptors (Lipinski definition) is 1. The molecule has 0 aromatic heterocycles. The van der Waals surface area contributed by atoms with E-state index in [9.17, 15) is 18.0 Å². The Bertz CT molecular complexity index is 716. The molecule has 3 rings (SSSR count). The quantitative estimate of drug-likeness (QED) is 0.741. The Morgan fingerprint density at radius 1 is 1.10 bits per heavy atom. The second-order valence-electron chi connectivity index (χ2n) is 5.39. The minimum atomic E-state index is -4.38. The lowest BCUT2D eigenvalue weighted by Gasteiger charge is -2.11. The third-order valence-corrected chi connectivity index (χ3v) is 3.87. The molecule has 1 unspecified atom stereocenters. The van der Waals surface area contributed by atoms with E-state index in [0.29, 0.717) is 23.1 Å². The molecule has 108 valence electrons. The van der Waals surface area contributed by atoms with Crippen LogP contribution in [0.1, 0.15) is 28.4 Å². The lowest BCUT2D eigenvalue weighted by molar-refractivity contribution is -0.137. The number of carbonyl (C=O) groups is 1. The molecule has 1 aliphatic rings. The van der Waals surface area contributed by atoms with E-state index in [-0.39, 0.29) is 11.7 Å². The summed E-state index contributed by atoms with van der Waals surface area (Å²) in [5.41, 5.74) is 1.82. The zero-order chi connectivity index (χ0) is 15.2. The molecule has 2 aromatic rings. The van der Waals surface area contributed by atoms with Crippen LogP contribution in [-0.4, -0.2) is 5.78 Å². The molecule has 4 heteroatoms. The topological polar surface area (TPSA) is 17.1 Å². The van der Waals surface area contributed by atoms with Crippen LogP contribution in [0.3, 0.4) is 0 Å². The molecule has 0 spiro atoms. The summed E-state index contributed by atoms with van der Waals surface area (Å²) in [6.07, 6.45) is -3.73. The smallest absolute Gasteiger partial charge is 0.294 e. The number of fused-ring (bicyclic) bond motifs is 1. The molecule has 0 saturated carbocycles. The van der Waals surface area contributed by atoms with Crippen molar-refractivity contribution >= 4 is 5.78 Å². The first-order valence-corrected chi connectivity index (χ1v) is 6.71. The van der Waals surface area contributed by atoms with Gasteiger partial charge < -0.3 is 0 Å². The maximum atomic E-state index is 12.8. The van der Waals surface area contributed by atoms with E-state index in [1.807, 2.05) is 13.0 Å². The highest BCUT2D eigenvalue weighted by atomic mass is 19.4. The van der Waals surface area contributed by atoms with Crippen molar-refractivity contribution in [3.05, 3.63) is 59.2 Å². The molecule has 0 saturated heterocycles. The third-order valence-electron chi connectivity index (χ3n) is 3.87. The molecular weight excluding hydrogens is 277 g/mol. The Balaban J connectivity index is 2.16. The maximum Gasteiger partial charge on any atom is 0.416 e. The van der Waals surface area contributed by atoms with Gasteiger partial charge in [-0.15, -0.1) is 0 Å². The Labute approximate surface area is 120 Å². The van der Waals surface area contributed by atoms with Crippen molar-refractivity contribution in [2.45, 2.75) is 19.5 Å². The van der Waals surface area contributed by atoms with Crippen molar-refractivity contribution in [2.75, 3.05) is 0 Å². The monoisotopic (exact) mass is 290 g/mol. The van der Waals surface area contributed by atoms with Crippen LogP contribution in [0.25, 0.3) is 11.1 Å². The average molecular weight is 290 g/mol. The zero-order valence-electron chi connectivity index (χ0n) is 11.4. The summed E-state index contributed by atoms with van der Waals surface area (Å²) < 4.78 is 38.5. The first kappa shape index (κ1) is 13.9.